The van der Waals surface area contributed by atoms with Crippen LogP contribution in [0.15, 0.2) is 84.4 Å². The third kappa shape index (κ3) is 4.72. The molecule has 36 heavy (non-hydrogen) atoms. The number of ether oxygens (including phenoxy) is 1. The highest BCUT2D eigenvalue weighted by Gasteiger charge is 2.23. The third-order valence-corrected chi connectivity index (χ3v) is 7.65. The number of imidazole rings is 1. The summed E-state index contributed by atoms with van der Waals surface area (Å²) in [7, 11) is 0. The van der Waals surface area contributed by atoms with Gasteiger partial charge < -0.3 is 15.0 Å². The van der Waals surface area contributed by atoms with Gasteiger partial charge in [0.25, 0.3) is 0 Å². The maximum Gasteiger partial charge on any atom is 0.321 e. The van der Waals surface area contributed by atoms with Crippen LogP contribution >= 0.6 is 11.3 Å². The smallest absolute Gasteiger partial charge is 0.321 e. The molecular weight excluding hydrogens is 468 g/mol. The molecule has 5 aromatic rings. The van der Waals surface area contributed by atoms with E-state index >= 15 is 0 Å². The molecule has 2 amide bonds. The molecule has 0 saturated carbocycles. The Balaban J connectivity index is 1.21. The Morgan fingerprint density at radius 1 is 1.08 bits per heavy atom. The molecule has 1 unspecified atom stereocenters. The summed E-state index contributed by atoms with van der Waals surface area (Å²) in [6, 6.07) is 24.2. The topological polar surface area (TPSA) is 58.9 Å². The second-order valence-electron chi connectivity index (χ2n) is 9.16. The second kappa shape index (κ2) is 10.1. The normalized spacial score (nSPS) is 15.5. The fraction of sp³-hybridized carbons (Fsp3) is 0.241. The zero-order valence-corrected chi connectivity index (χ0v) is 20.8. The Hall–Kier alpha value is -3.68. The van der Waals surface area contributed by atoms with Gasteiger partial charge in [-0.25, -0.2) is 9.78 Å². The number of aromatic nitrogens is 2. The molecule has 1 saturated heterocycles. The molecule has 3 aromatic carbocycles. The highest BCUT2D eigenvalue weighted by atomic mass is 32.1. The number of nitrogens with one attached hydrogen (secondary N) is 1. The molecule has 2 aromatic heterocycles. The number of anilines is 1. The van der Waals surface area contributed by atoms with Crippen LogP contribution in [0, 0.1) is 0 Å². The lowest BCUT2D eigenvalue weighted by atomic mass is 10.1. The minimum Gasteiger partial charge on any atom is -0.376 e. The number of carbonyl (C=O) groups is 1. The van der Waals surface area contributed by atoms with Crippen molar-refractivity contribution >= 4 is 38.8 Å². The quantitative estimate of drug-likeness (QED) is 0.281. The Morgan fingerprint density at radius 3 is 2.78 bits per heavy atom. The summed E-state index contributed by atoms with van der Waals surface area (Å²) in [4.78, 5) is 21.2. The van der Waals surface area contributed by atoms with Crippen LogP contribution in [0.5, 0.6) is 0 Å². The molecule has 0 bridgehead atoms. The van der Waals surface area contributed by atoms with Crippen molar-refractivity contribution in [2.75, 3.05) is 25.0 Å². The first kappa shape index (κ1) is 22.8. The van der Waals surface area contributed by atoms with E-state index in [-0.39, 0.29) is 12.1 Å². The predicted octanol–water partition coefficient (Wildman–Crippen LogP) is 6.47. The predicted molar refractivity (Wildman–Crippen MR) is 146 cm³/mol. The van der Waals surface area contributed by atoms with Crippen molar-refractivity contribution in [3.63, 3.8) is 0 Å². The molecule has 1 fully saturated rings. The van der Waals surface area contributed by atoms with Crippen molar-refractivity contribution < 1.29 is 9.53 Å². The maximum absolute atomic E-state index is 13.5. The number of rotatable bonds is 7. The van der Waals surface area contributed by atoms with Crippen molar-refractivity contribution in [3.05, 3.63) is 90.1 Å². The highest BCUT2D eigenvalue weighted by Crippen LogP contribution is 2.26. The lowest BCUT2D eigenvalue weighted by Gasteiger charge is -2.26. The zero-order chi connectivity index (χ0) is 24.3. The van der Waals surface area contributed by atoms with Gasteiger partial charge in [0.05, 0.1) is 17.5 Å². The van der Waals surface area contributed by atoms with E-state index in [4.69, 9.17) is 9.72 Å². The number of nitrogens with zero attached hydrogens (tertiary/aromatic N) is 3. The molecule has 0 spiro atoms. The summed E-state index contributed by atoms with van der Waals surface area (Å²) in [6.45, 7) is 1.95. The van der Waals surface area contributed by atoms with Gasteiger partial charge in [-0.15, -0.1) is 11.3 Å². The van der Waals surface area contributed by atoms with Crippen molar-refractivity contribution in [1.29, 1.82) is 0 Å². The van der Waals surface area contributed by atoms with Crippen LogP contribution in [0.2, 0.25) is 0 Å². The fourth-order valence-corrected chi connectivity index (χ4v) is 5.75. The van der Waals surface area contributed by atoms with Gasteiger partial charge in [-0.2, -0.15) is 0 Å². The number of amides is 2. The van der Waals surface area contributed by atoms with E-state index in [0.29, 0.717) is 13.1 Å². The van der Waals surface area contributed by atoms with Crippen molar-refractivity contribution in [1.82, 2.24) is 14.3 Å². The van der Waals surface area contributed by atoms with E-state index < -0.39 is 0 Å². The molecule has 7 heteroatoms. The van der Waals surface area contributed by atoms with Gasteiger partial charge in [0.2, 0.25) is 0 Å². The summed E-state index contributed by atoms with van der Waals surface area (Å²) < 4.78 is 8.03. The van der Waals surface area contributed by atoms with Crippen LogP contribution in [0.4, 0.5) is 10.5 Å². The van der Waals surface area contributed by atoms with Crippen LogP contribution < -0.4 is 5.32 Å². The molecule has 182 valence electrons. The van der Waals surface area contributed by atoms with Gasteiger partial charge in [-0.05, 0) is 24.3 Å². The lowest BCUT2D eigenvalue weighted by Crippen LogP contribution is -2.41. The first-order valence-corrected chi connectivity index (χ1v) is 13.3. The molecule has 1 atom stereocenters. The van der Waals surface area contributed by atoms with Crippen LogP contribution in [0.1, 0.15) is 18.5 Å². The fourth-order valence-electron chi connectivity index (χ4n) is 4.85. The van der Waals surface area contributed by atoms with Gasteiger partial charge in [-0.3, -0.25) is 4.40 Å². The summed E-state index contributed by atoms with van der Waals surface area (Å²) in [5.74, 6) is 0. The summed E-state index contributed by atoms with van der Waals surface area (Å²) >= 11 is 1.63. The van der Waals surface area contributed by atoms with Gasteiger partial charge in [0.15, 0.2) is 4.96 Å². The Labute approximate surface area is 214 Å². The van der Waals surface area contributed by atoms with E-state index in [9.17, 15) is 4.79 Å². The molecule has 3 heterocycles. The lowest BCUT2D eigenvalue weighted by molar-refractivity contribution is 0.0838. The minimum atomic E-state index is -0.0936. The number of carbonyl (C=O) groups excluding carboxylic acids is 1. The number of hydrogen-bond acceptors (Lipinski definition) is 4. The molecule has 1 aliphatic heterocycles. The summed E-state index contributed by atoms with van der Waals surface area (Å²) in [5.41, 5.74) is 4.05. The van der Waals surface area contributed by atoms with Crippen LogP contribution in [0.25, 0.3) is 27.0 Å². The molecule has 1 aliphatic rings. The maximum atomic E-state index is 13.5. The van der Waals surface area contributed by atoms with E-state index in [1.54, 1.807) is 11.3 Å². The third-order valence-electron chi connectivity index (χ3n) is 6.76. The molecule has 0 aliphatic carbocycles. The number of hydrogen-bond donors (Lipinski definition) is 1. The first-order valence-electron chi connectivity index (χ1n) is 12.4. The number of urea groups is 1. The van der Waals surface area contributed by atoms with Gasteiger partial charge >= 0.3 is 6.03 Å². The van der Waals surface area contributed by atoms with Crippen molar-refractivity contribution in [2.45, 2.75) is 25.4 Å². The van der Waals surface area contributed by atoms with Crippen molar-refractivity contribution in [3.8, 4) is 11.3 Å². The summed E-state index contributed by atoms with van der Waals surface area (Å²) in [5, 5.41) is 7.46. The van der Waals surface area contributed by atoms with Crippen LogP contribution in [-0.2, 0) is 11.2 Å². The number of benzene rings is 3. The first-order chi connectivity index (χ1) is 17.7. The monoisotopic (exact) mass is 496 g/mol. The summed E-state index contributed by atoms with van der Waals surface area (Å²) in [6.07, 6.45) is 4.95. The van der Waals surface area contributed by atoms with Crippen LogP contribution in [-0.4, -0.2) is 46.1 Å². The Bertz CT molecular complexity index is 1480. The largest absolute Gasteiger partial charge is 0.376 e. The van der Waals surface area contributed by atoms with E-state index in [1.165, 1.54) is 0 Å². The van der Waals surface area contributed by atoms with Crippen molar-refractivity contribution in [2.24, 2.45) is 0 Å². The average molecular weight is 497 g/mol. The second-order valence-corrected chi connectivity index (χ2v) is 10.00. The zero-order valence-electron chi connectivity index (χ0n) is 20.0. The standard InChI is InChI=1S/C29H28N4O2S/c34-28(30-26-14-6-11-21-8-4-5-13-25(21)26)32(18-24-12-7-17-35-24)16-15-23-20-36-29-31-27(19-33(23)29)22-9-2-1-3-10-22/h1-6,8-11,13-14,19-20,24H,7,12,15-18H2,(H,30,34). The molecule has 6 rings (SSSR count). The Kier molecular flexibility index (Phi) is 6.40. The molecular formula is C29H28N4O2S. The van der Waals surface area contributed by atoms with E-state index in [1.807, 2.05) is 53.4 Å². The van der Waals surface area contributed by atoms with Crippen LogP contribution in [0.3, 0.4) is 0 Å². The minimum absolute atomic E-state index is 0.0867. The molecule has 6 nitrogen and oxygen atoms in total. The van der Waals surface area contributed by atoms with E-state index in [0.717, 1.165) is 64.2 Å². The molecule has 1 N–H and O–H groups in total. The van der Waals surface area contributed by atoms with Gasteiger partial charge in [0.1, 0.15) is 0 Å². The van der Waals surface area contributed by atoms with E-state index in [2.05, 4.69) is 45.6 Å². The number of thiazole rings is 1. The highest BCUT2D eigenvalue weighted by molar-refractivity contribution is 7.15. The average Bonchev–Trinajstić information content (AvgIpc) is 3.66. The SMILES string of the molecule is O=C(Nc1cccc2ccccc12)N(CCc1csc2nc(-c3ccccc3)cn12)CC1CCCO1. The van der Waals surface area contributed by atoms with Gasteiger partial charge in [0, 0.05) is 54.3 Å². The Morgan fingerprint density at radius 2 is 1.92 bits per heavy atom. The number of fused-ring (bicyclic) bond motifs is 2. The van der Waals surface area contributed by atoms with Gasteiger partial charge in [-0.1, -0.05) is 66.7 Å². The molecule has 0 radical (unpaired) electrons.